The van der Waals surface area contributed by atoms with Crippen LogP contribution in [0.15, 0.2) is 47.9 Å². The number of carbonyl (C=O) groups is 2. The maximum Gasteiger partial charge on any atom is 0.331 e. The van der Waals surface area contributed by atoms with Gasteiger partial charge in [0.2, 0.25) is 0 Å². The van der Waals surface area contributed by atoms with E-state index in [9.17, 15) is 9.59 Å². The Morgan fingerprint density at radius 3 is 2.78 bits per heavy atom. The molecule has 1 heterocycles. The van der Waals surface area contributed by atoms with Crippen LogP contribution in [-0.2, 0) is 14.3 Å². The van der Waals surface area contributed by atoms with E-state index in [0.717, 1.165) is 4.88 Å². The molecule has 2 aromatic rings. The van der Waals surface area contributed by atoms with E-state index in [2.05, 4.69) is 5.32 Å². The van der Waals surface area contributed by atoms with Gasteiger partial charge in [0.05, 0.1) is 7.11 Å². The van der Waals surface area contributed by atoms with Gasteiger partial charge in [-0.05, 0) is 36.6 Å². The summed E-state index contributed by atoms with van der Waals surface area (Å²) in [5.41, 5.74) is 0.575. The molecule has 5 nitrogen and oxygen atoms in total. The van der Waals surface area contributed by atoms with Crippen LogP contribution in [0.2, 0.25) is 0 Å². The van der Waals surface area contributed by atoms with Crippen molar-refractivity contribution >= 4 is 35.0 Å². The highest BCUT2D eigenvalue weighted by Gasteiger charge is 2.16. The van der Waals surface area contributed by atoms with E-state index in [-0.39, 0.29) is 0 Å². The summed E-state index contributed by atoms with van der Waals surface area (Å²) in [4.78, 5) is 24.7. The summed E-state index contributed by atoms with van der Waals surface area (Å²) < 4.78 is 10.2. The SMILES string of the molecule is COc1cccc(NC(=O)[C@H](C)OC(=O)/C=C/c2cccs2)c1. The number of ether oxygens (including phenoxy) is 2. The third kappa shape index (κ3) is 5.27. The first-order chi connectivity index (χ1) is 11.1. The Balaban J connectivity index is 1.87. The molecule has 0 bridgehead atoms. The second kappa shape index (κ2) is 8.14. The van der Waals surface area contributed by atoms with E-state index in [1.807, 2.05) is 17.5 Å². The second-order valence-electron chi connectivity index (χ2n) is 4.65. The molecular weight excluding hydrogens is 314 g/mol. The maximum absolute atomic E-state index is 12.0. The van der Waals surface area contributed by atoms with Gasteiger partial charge >= 0.3 is 5.97 Å². The Morgan fingerprint density at radius 2 is 2.09 bits per heavy atom. The van der Waals surface area contributed by atoms with Crippen molar-refractivity contribution in [1.82, 2.24) is 0 Å². The number of anilines is 1. The van der Waals surface area contributed by atoms with Gasteiger partial charge in [0.1, 0.15) is 5.75 Å². The van der Waals surface area contributed by atoms with Crippen molar-refractivity contribution in [3.8, 4) is 5.75 Å². The lowest BCUT2D eigenvalue weighted by molar-refractivity contribution is -0.148. The molecule has 1 N–H and O–H groups in total. The van der Waals surface area contributed by atoms with Gasteiger partial charge in [-0.25, -0.2) is 4.79 Å². The lowest BCUT2D eigenvalue weighted by Crippen LogP contribution is -2.29. The van der Waals surface area contributed by atoms with E-state index in [1.54, 1.807) is 37.5 Å². The monoisotopic (exact) mass is 331 g/mol. The van der Waals surface area contributed by atoms with Crippen LogP contribution in [0.1, 0.15) is 11.8 Å². The molecule has 6 heteroatoms. The molecule has 0 aliphatic heterocycles. The Kier molecular flexibility index (Phi) is 5.94. The topological polar surface area (TPSA) is 64.6 Å². The molecule has 0 aliphatic rings. The number of hydrogen-bond acceptors (Lipinski definition) is 5. The molecule has 23 heavy (non-hydrogen) atoms. The van der Waals surface area contributed by atoms with Crippen LogP contribution in [0.5, 0.6) is 5.75 Å². The summed E-state index contributed by atoms with van der Waals surface area (Å²) in [5.74, 6) is -0.339. The van der Waals surface area contributed by atoms with Crippen LogP contribution < -0.4 is 10.1 Å². The molecule has 0 aliphatic carbocycles. The minimum Gasteiger partial charge on any atom is -0.497 e. The molecule has 0 unspecified atom stereocenters. The Labute approximate surface area is 138 Å². The van der Waals surface area contributed by atoms with E-state index in [0.29, 0.717) is 11.4 Å². The lowest BCUT2D eigenvalue weighted by atomic mass is 10.3. The van der Waals surface area contributed by atoms with Gasteiger partial charge in [-0.1, -0.05) is 12.1 Å². The smallest absolute Gasteiger partial charge is 0.331 e. The molecule has 1 amide bonds. The number of carbonyl (C=O) groups excluding carboxylic acids is 2. The van der Waals surface area contributed by atoms with Crippen molar-refractivity contribution in [2.45, 2.75) is 13.0 Å². The van der Waals surface area contributed by atoms with Gasteiger partial charge in [-0.2, -0.15) is 0 Å². The maximum atomic E-state index is 12.0. The van der Waals surface area contributed by atoms with Gasteiger partial charge in [0.15, 0.2) is 6.10 Å². The quantitative estimate of drug-likeness (QED) is 0.651. The zero-order valence-electron chi connectivity index (χ0n) is 12.8. The molecule has 1 atom stereocenters. The van der Waals surface area contributed by atoms with Crippen LogP contribution in [0.4, 0.5) is 5.69 Å². The van der Waals surface area contributed by atoms with E-state index < -0.39 is 18.0 Å². The van der Waals surface area contributed by atoms with Gasteiger partial charge in [0, 0.05) is 22.7 Å². The molecule has 1 aromatic carbocycles. The summed E-state index contributed by atoms with van der Waals surface area (Å²) in [6.07, 6.45) is 2.06. The van der Waals surface area contributed by atoms with E-state index >= 15 is 0 Å². The highest BCUT2D eigenvalue weighted by atomic mass is 32.1. The van der Waals surface area contributed by atoms with E-state index in [1.165, 1.54) is 24.3 Å². The highest BCUT2D eigenvalue weighted by Crippen LogP contribution is 2.17. The van der Waals surface area contributed by atoms with Gasteiger partial charge in [-0.3, -0.25) is 4.79 Å². The molecular formula is C17H17NO4S. The van der Waals surface area contributed by atoms with Crippen LogP contribution in [0.3, 0.4) is 0 Å². The normalized spacial score (nSPS) is 11.9. The number of rotatable bonds is 6. The third-order valence-electron chi connectivity index (χ3n) is 2.93. The first-order valence-corrected chi connectivity index (χ1v) is 7.83. The zero-order chi connectivity index (χ0) is 16.7. The number of benzene rings is 1. The van der Waals surface area contributed by atoms with Crippen LogP contribution in [0, 0.1) is 0 Å². The molecule has 2 rings (SSSR count). The summed E-state index contributed by atoms with van der Waals surface area (Å²) in [5, 5.41) is 4.59. The predicted molar refractivity (Wildman–Crippen MR) is 90.5 cm³/mol. The van der Waals surface area contributed by atoms with Crippen LogP contribution in [-0.4, -0.2) is 25.1 Å². The Morgan fingerprint density at radius 1 is 1.26 bits per heavy atom. The summed E-state index contributed by atoms with van der Waals surface area (Å²) >= 11 is 1.51. The molecule has 0 saturated carbocycles. The van der Waals surface area contributed by atoms with Crippen molar-refractivity contribution in [2.24, 2.45) is 0 Å². The van der Waals surface area contributed by atoms with E-state index in [4.69, 9.17) is 9.47 Å². The first kappa shape index (κ1) is 16.8. The fraction of sp³-hybridized carbons (Fsp3) is 0.176. The largest absolute Gasteiger partial charge is 0.497 e. The molecule has 0 fully saturated rings. The lowest BCUT2D eigenvalue weighted by Gasteiger charge is -2.12. The fourth-order valence-corrected chi connectivity index (χ4v) is 2.37. The van der Waals surface area contributed by atoms with Gasteiger partial charge in [0.25, 0.3) is 5.91 Å². The number of nitrogens with one attached hydrogen (secondary N) is 1. The molecule has 120 valence electrons. The minimum atomic E-state index is -0.901. The number of methoxy groups -OCH3 is 1. The van der Waals surface area contributed by atoms with Gasteiger partial charge in [-0.15, -0.1) is 11.3 Å². The summed E-state index contributed by atoms with van der Waals surface area (Å²) in [6, 6.07) is 10.7. The number of thiophene rings is 1. The van der Waals surface area contributed by atoms with Crippen molar-refractivity contribution in [2.75, 3.05) is 12.4 Å². The Bertz CT molecular complexity index is 694. The summed E-state index contributed by atoms with van der Waals surface area (Å²) in [7, 11) is 1.55. The number of esters is 1. The first-order valence-electron chi connectivity index (χ1n) is 6.95. The minimum absolute atomic E-state index is 0.406. The summed E-state index contributed by atoms with van der Waals surface area (Å²) in [6.45, 7) is 1.52. The van der Waals surface area contributed by atoms with Crippen molar-refractivity contribution in [3.63, 3.8) is 0 Å². The predicted octanol–water partition coefficient (Wildman–Crippen LogP) is 3.34. The van der Waals surface area contributed by atoms with Crippen molar-refractivity contribution < 1.29 is 19.1 Å². The standard InChI is InChI=1S/C17H17NO4S/c1-12(22-16(19)9-8-15-7-4-10-23-15)17(20)18-13-5-3-6-14(11-13)21-2/h3-12H,1-2H3,(H,18,20)/b9-8+/t12-/m0/s1. The van der Waals surface area contributed by atoms with Crippen molar-refractivity contribution in [1.29, 1.82) is 0 Å². The molecule has 0 saturated heterocycles. The van der Waals surface area contributed by atoms with Crippen molar-refractivity contribution in [3.05, 3.63) is 52.7 Å². The Hall–Kier alpha value is -2.60. The zero-order valence-corrected chi connectivity index (χ0v) is 13.6. The average Bonchev–Trinajstić information content (AvgIpc) is 3.06. The van der Waals surface area contributed by atoms with Crippen LogP contribution >= 0.6 is 11.3 Å². The second-order valence-corrected chi connectivity index (χ2v) is 5.63. The molecule has 0 spiro atoms. The highest BCUT2D eigenvalue weighted by molar-refractivity contribution is 7.10. The number of hydrogen-bond donors (Lipinski definition) is 1. The van der Waals surface area contributed by atoms with Crippen LogP contribution in [0.25, 0.3) is 6.08 Å². The molecule has 0 radical (unpaired) electrons. The number of amides is 1. The third-order valence-corrected chi connectivity index (χ3v) is 3.76. The molecule has 1 aromatic heterocycles. The average molecular weight is 331 g/mol. The van der Waals surface area contributed by atoms with Gasteiger partial charge < -0.3 is 14.8 Å². The fourth-order valence-electron chi connectivity index (χ4n) is 1.75.